The van der Waals surface area contributed by atoms with Crippen molar-refractivity contribution in [2.45, 2.75) is 5.92 Å². The number of rotatable bonds is 2. The van der Waals surface area contributed by atoms with Crippen LogP contribution in [0, 0.1) is 5.82 Å². The van der Waals surface area contributed by atoms with Gasteiger partial charge in [0.1, 0.15) is 11.7 Å². The topological polar surface area (TPSA) is 57.6 Å². The van der Waals surface area contributed by atoms with E-state index in [1.807, 2.05) is 0 Å². The first kappa shape index (κ1) is 14.7. The van der Waals surface area contributed by atoms with Gasteiger partial charge in [0.15, 0.2) is 0 Å². The van der Waals surface area contributed by atoms with E-state index in [-0.39, 0.29) is 12.1 Å². The standard InChI is InChI=1S/C16H11BrFNO3/c17-9-5-6-13(18)11(7-9)15(20)19-8-12(16(21)22)10-3-1-2-4-14(10)19/h1-7,12H,8H2,(H,21,22)/t12-/m0/s1. The molecule has 1 aliphatic rings. The summed E-state index contributed by atoms with van der Waals surface area (Å²) in [6, 6.07) is 10.9. The van der Waals surface area contributed by atoms with Gasteiger partial charge in [-0.1, -0.05) is 34.1 Å². The second-order valence-electron chi connectivity index (χ2n) is 4.99. The maximum absolute atomic E-state index is 13.9. The number of nitrogens with zero attached hydrogens (tertiary/aromatic N) is 1. The number of para-hydroxylation sites is 1. The van der Waals surface area contributed by atoms with Crippen LogP contribution in [-0.4, -0.2) is 23.5 Å². The van der Waals surface area contributed by atoms with Crippen LogP contribution in [0.2, 0.25) is 0 Å². The summed E-state index contributed by atoms with van der Waals surface area (Å²) in [6.07, 6.45) is 0. The minimum Gasteiger partial charge on any atom is -0.481 e. The third kappa shape index (κ3) is 2.39. The molecule has 1 atom stereocenters. The molecule has 0 aliphatic carbocycles. The zero-order chi connectivity index (χ0) is 15.9. The van der Waals surface area contributed by atoms with Crippen molar-refractivity contribution in [1.82, 2.24) is 0 Å². The lowest BCUT2D eigenvalue weighted by molar-refractivity contribution is -0.138. The van der Waals surface area contributed by atoms with Crippen molar-refractivity contribution in [3.8, 4) is 0 Å². The van der Waals surface area contributed by atoms with Crippen molar-refractivity contribution in [1.29, 1.82) is 0 Å². The molecule has 0 bridgehead atoms. The molecule has 6 heteroatoms. The Hall–Kier alpha value is -2.21. The Kier molecular flexibility index (Phi) is 3.70. The number of carboxylic acids is 1. The fourth-order valence-corrected chi connectivity index (χ4v) is 2.98. The van der Waals surface area contributed by atoms with E-state index >= 15 is 0 Å². The summed E-state index contributed by atoms with van der Waals surface area (Å²) in [5, 5.41) is 9.31. The van der Waals surface area contributed by atoms with Crippen molar-refractivity contribution >= 4 is 33.5 Å². The predicted molar refractivity (Wildman–Crippen MR) is 82.6 cm³/mol. The van der Waals surface area contributed by atoms with Crippen molar-refractivity contribution in [2.75, 3.05) is 11.4 Å². The monoisotopic (exact) mass is 363 g/mol. The third-order valence-corrected chi connectivity index (χ3v) is 4.16. The molecule has 0 unspecified atom stereocenters. The normalized spacial score (nSPS) is 16.5. The van der Waals surface area contributed by atoms with Gasteiger partial charge in [0, 0.05) is 16.7 Å². The Morgan fingerprint density at radius 3 is 2.68 bits per heavy atom. The lowest BCUT2D eigenvalue weighted by Gasteiger charge is -2.18. The van der Waals surface area contributed by atoms with Crippen LogP contribution in [0.1, 0.15) is 21.8 Å². The van der Waals surface area contributed by atoms with Gasteiger partial charge in [-0.2, -0.15) is 0 Å². The summed E-state index contributed by atoms with van der Waals surface area (Å²) in [4.78, 5) is 25.3. The van der Waals surface area contributed by atoms with E-state index in [2.05, 4.69) is 15.9 Å². The highest BCUT2D eigenvalue weighted by molar-refractivity contribution is 9.10. The lowest BCUT2D eigenvalue weighted by atomic mass is 10.0. The molecule has 112 valence electrons. The van der Waals surface area contributed by atoms with Crippen LogP contribution in [0.15, 0.2) is 46.9 Å². The summed E-state index contributed by atoms with van der Waals surface area (Å²) in [5.74, 6) is -2.98. The quantitative estimate of drug-likeness (QED) is 0.889. The second kappa shape index (κ2) is 5.53. The van der Waals surface area contributed by atoms with Gasteiger partial charge in [-0.05, 0) is 29.8 Å². The van der Waals surface area contributed by atoms with Crippen LogP contribution in [0.5, 0.6) is 0 Å². The first-order chi connectivity index (χ1) is 10.5. The number of fused-ring (bicyclic) bond motifs is 1. The van der Waals surface area contributed by atoms with Crippen molar-refractivity contribution in [3.63, 3.8) is 0 Å². The summed E-state index contributed by atoms with van der Waals surface area (Å²) in [6.45, 7) is -0.000529. The maximum atomic E-state index is 13.9. The summed E-state index contributed by atoms with van der Waals surface area (Å²) >= 11 is 3.21. The van der Waals surface area contributed by atoms with E-state index in [9.17, 15) is 19.1 Å². The second-order valence-corrected chi connectivity index (χ2v) is 5.91. The number of amides is 1. The molecule has 0 aromatic heterocycles. The highest BCUT2D eigenvalue weighted by atomic mass is 79.9. The smallest absolute Gasteiger partial charge is 0.312 e. The highest BCUT2D eigenvalue weighted by Crippen LogP contribution is 2.37. The van der Waals surface area contributed by atoms with E-state index < -0.39 is 23.6 Å². The molecule has 1 N–H and O–H groups in total. The number of halogens is 2. The zero-order valence-electron chi connectivity index (χ0n) is 11.3. The minimum atomic E-state index is -1.00. The van der Waals surface area contributed by atoms with E-state index in [0.717, 1.165) is 0 Å². The van der Waals surface area contributed by atoms with Crippen molar-refractivity contribution < 1.29 is 19.1 Å². The zero-order valence-corrected chi connectivity index (χ0v) is 12.9. The molecule has 1 heterocycles. The average molecular weight is 364 g/mol. The Morgan fingerprint density at radius 1 is 1.23 bits per heavy atom. The van der Waals surface area contributed by atoms with E-state index in [1.165, 1.54) is 23.1 Å². The number of carbonyl (C=O) groups is 2. The van der Waals surface area contributed by atoms with Crippen LogP contribution in [0.4, 0.5) is 10.1 Å². The number of hydrogen-bond donors (Lipinski definition) is 1. The Labute approximate surface area is 134 Å². The summed E-state index contributed by atoms with van der Waals surface area (Å²) < 4.78 is 14.5. The Balaban J connectivity index is 2.04. The average Bonchev–Trinajstić information content (AvgIpc) is 2.89. The molecular weight excluding hydrogens is 353 g/mol. The third-order valence-electron chi connectivity index (χ3n) is 3.67. The number of hydrogen-bond acceptors (Lipinski definition) is 2. The van der Waals surface area contributed by atoms with E-state index in [0.29, 0.717) is 15.7 Å². The predicted octanol–water partition coefficient (Wildman–Crippen LogP) is 3.42. The first-order valence-electron chi connectivity index (χ1n) is 6.57. The van der Waals surface area contributed by atoms with Gasteiger partial charge in [-0.25, -0.2) is 4.39 Å². The molecular formula is C16H11BrFNO3. The number of anilines is 1. The lowest BCUT2D eigenvalue weighted by Crippen LogP contribution is -2.31. The van der Waals surface area contributed by atoms with Gasteiger partial charge in [-0.15, -0.1) is 0 Å². The number of benzene rings is 2. The Bertz CT molecular complexity index is 778. The molecule has 1 amide bonds. The fraction of sp³-hybridized carbons (Fsp3) is 0.125. The maximum Gasteiger partial charge on any atom is 0.312 e. The van der Waals surface area contributed by atoms with Gasteiger partial charge >= 0.3 is 5.97 Å². The molecule has 0 fully saturated rings. The number of aliphatic carboxylic acids is 1. The largest absolute Gasteiger partial charge is 0.481 e. The summed E-state index contributed by atoms with van der Waals surface area (Å²) in [7, 11) is 0. The van der Waals surface area contributed by atoms with Gasteiger partial charge < -0.3 is 10.0 Å². The number of carboxylic acid groups (broad SMARTS) is 1. The Morgan fingerprint density at radius 2 is 1.95 bits per heavy atom. The van der Waals surface area contributed by atoms with Crippen LogP contribution >= 0.6 is 15.9 Å². The molecule has 22 heavy (non-hydrogen) atoms. The van der Waals surface area contributed by atoms with Crippen LogP contribution in [0.3, 0.4) is 0 Å². The molecule has 1 aliphatic heterocycles. The van der Waals surface area contributed by atoms with Gasteiger partial charge in [-0.3, -0.25) is 9.59 Å². The van der Waals surface area contributed by atoms with Crippen molar-refractivity contribution in [2.24, 2.45) is 0 Å². The molecule has 0 saturated carbocycles. The first-order valence-corrected chi connectivity index (χ1v) is 7.37. The van der Waals surface area contributed by atoms with Gasteiger partial charge in [0.25, 0.3) is 5.91 Å². The molecule has 2 aromatic carbocycles. The fourth-order valence-electron chi connectivity index (χ4n) is 2.62. The van der Waals surface area contributed by atoms with Crippen LogP contribution in [0.25, 0.3) is 0 Å². The van der Waals surface area contributed by atoms with Crippen molar-refractivity contribution in [3.05, 3.63) is 63.9 Å². The van der Waals surface area contributed by atoms with E-state index in [1.54, 1.807) is 24.3 Å². The molecule has 0 saturated heterocycles. The van der Waals surface area contributed by atoms with Gasteiger partial charge in [0.2, 0.25) is 0 Å². The highest BCUT2D eigenvalue weighted by Gasteiger charge is 2.37. The molecule has 0 radical (unpaired) electrons. The van der Waals surface area contributed by atoms with Crippen LogP contribution < -0.4 is 4.90 Å². The summed E-state index contributed by atoms with van der Waals surface area (Å²) in [5.41, 5.74) is 0.994. The molecule has 2 aromatic rings. The van der Waals surface area contributed by atoms with E-state index in [4.69, 9.17) is 0 Å². The van der Waals surface area contributed by atoms with Gasteiger partial charge in [0.05, 0.1) is 5.56 Å². The van der Waals surface area contributed by atoms with Crippen LogP contribution in [-0.2, 0) is 4.79 Å². The molecule has 0 spiro atoms. The molecule has 3 rings (SSSR count). The SMILES string of the molecule is O=C(O)[C@H]1CN(C(=O)c2cc(Br)ccc2F)c2ccccc21. The minimum absolute atomic E-state index is 0.000529. The number of carbonyl (C=O) groups excluding carboxylic acids is 1. The molecule has 4 nitrogen and oxygen atoms in total.